The van der Waals surface area contributed by atoms with Crippen molar-refractivity contribution in [2.24, 2.45) is 5.92 Å². The molecule has 3 nitrogen and oxygen atoms in total. The van der Waals surface area contributed by atoms with Crippen molar-refractivity contribution in [1.29, 1.82) is 0 Å². The molecule has 92 valence electrons. The molecular formula is C14H21N3. The highest BCUT2D eigenvalue weighted by Crippen LogP contribution is 2.38. The molecule has 3 heteroatoms. The molecule has 1 aromatic heterocycles. The molecule has 1 N–H and O–H groups in total. The van der Waals surface area contributed by atoms with Crippen molar-refractivity contribution in [2.45, 2.75) is 44.4 Å². The second-order valence-electron chi connectivity index (χ2n) is 5.42. The van der Waals surface area contributed by atoms with Crippen molar-refractivity contribution in [3.05, 3.63) is 23.8 Å². The van der Waals surface area contributed by atoms with E-state index in [1.54, 1.807) is 0 Å². The first-order valence-electron chi connectivity index (χ1n) is 6.94. The quantitative estimate of drug-likeness (QED) is 0.864. The summed E-state index contributed by atoms with van der Waals surface area (Å²) < 4.78 is 0. The first-order valence-corrected chi connectivity index (χ1v) is 6.94. The Kier molecular flexibility index (Phi) is 3.36. The summed E-state index contributed by atoms with van der Waals surface area (Å²) in [5.74, 6) is 2.63. The van der Waals surface area contributed by atoms with Crippen LogP contribution in [0.1, 0.15) is 49.5 Å². The highest BCUT2D eigenvalue weighted by Gasteiger charge is 2.25. The first kappa shape index (κ1) is 11.1. The van der Waals surface area contributed by atoms with Gasteiger partial charge in [0.15, 0.2) is 0 Å². The van der Waals surface area contributed by atoms with Crippen molar-refractivity contribution in [3.8, 4) is 0 Å². The number of hydrogen-bond acceptors (Lipinski definition) is 3. The Bertz CT molecular complexity index is 367. The monoisotopic (exact) mass is 231 g/mol. The standard InChI is InChI=1S/C14H21N3/c1-2-11(10-15-8-1)3-6-14-16-9-7-13(17-14)12-4-5-12/h7,9,11-12,15H,1-6,8,10H2. The largest absolute Gasteiger partial charge is 0.316 e. The fourth-order valence-corrected chi connectivity index (χ4v) is 2.65. The van der Waals surface area contributed by atoms with Crippen LogP contribution < -0.4 is 5.32 Å². The summed E-state index contributed by atoms with van der Waals surface area (Å²) in [5.41, 5.74) is 1.27. The summed E-state index contributed by atoms with van der Waals surface area (Å²) in [4.78, 5) is 9.09. The summed E-state index contributed by atoms with van der Waals surface area (Å²) >= 11 is 0. The van der Waals surface area contributed by atoms with Gasteiger partial charge in [-0.2, -0.15) is 0 Å². The van der Waals surface area contributed by atoms with E-state index in [0.717, 1.165) is 24.1 Å². The third-order valence-corrected chi connectivity index (χ3v) is 3.90. The van der Waals surface area contributed by atoms with Gasteiger partial charge in [0, 0.05) is 24.2 Å². The lowest BCUT2D eigenvalue weighted by molar-refractivity contribution is 0.356. The van der Waals surface area contributed by atoms with Crippen molar-refractivity contribution in [3.63, 3.8) is 0 Å². The fourth-order valence-electron chi connectivity index (χ4n) is 2.65. The summed E-state index contributed by atoms with van der Waals surface area (Å²) in [7, 11) is 0. The molecule has 1 aromatic rings. The Morgan fingerprint density at radius 2 is 2.24 bits per heavy atom. The number of nitrogens with one attached hydrogen (secondary N) is 1. The lowest BCUT2D eigenvalue weighted by Gasteiger charge is -2.22. The van der Waals surface area contributed by atoms with E-state index in [1.165, 1.54) is 50.9 Å². The molecule has 1 saturated heterocycles. The topological polar surface area (TPSA) is 37.8 Å². The van der Waals surface area contributed by atoms with E-state index in [0.29, 0.717) is 0 Å². The number of nitrogens with zero attached hydrogens (tertiary/aromatic N) is 2. The van der Waals surface area contributed by atoms with E-state index in [4.69, 9.17) is 0 Å². The summed E-state index contributed by atoms with van der Waals surface area (Å²) in [6.45, 7) is 2.38. The van der Waals surface area contributed by atoms with Crippen LogP contribution in [-0.4, -0.2) is 23.1 Å². The molecule has 0 aromatic carbocycles. The number of aromatic nitrogens is 2. The predicted octanol–water partition coefficient (Wildman–Crippen LogP) is 2.29. The van der Waals surface area contributed by atoms with E-state index in [2.05, 4.69) is 21.4 Å². The van der Waals surface area contributed by atoms with E-state index < -0.39 is 0 Å². The van der Waals surface area contributed by atoms with Gasteiger partial charge in [-0.1, -0.05) is 0 Å². The lowest BCUT2D eigenvalue weighted by Crippen LogP contribution is -2.30. The van der Waals surface area contributed by atoms with Crippen LogP contribution in [0.3, 0.4) is 0 Å². The molecule has 0 radical (unpaired) electrons. The average molecular weight is 231 g/mol. The molecule has 0 spiro atoms. The van der Waals surface area contributed by atoms with Gasteiger partial charge < -0.3 is 5.32 Å². The molecule has 0 bridgehead atoms. The molecule has 0 amide bonds. The van der Waals surface area contributed by atoms with Crippen LogP contribution >= 0.6 is 0 Å². The minimum Gasteiger partial charge on any atom is -0.316 e. The average Bonchev–Trinajstić information content (AvgIpc) is 3.22. The Labute approximate surface area is 103 Å². The number of hydrogen-bond donors (Lipinski definition) is 1. The second-order valence-corrected chi connectivity index (χ2v) is 5.42. The maximum absolute atomic E-state index is 4.69. The SMILES string of the molecule is c1cc(C2CC2)nc(CCC2CCCNC2)n1. The van der Waals surface area contributed by atoms with Gasteiger partial charge >= 0.3 is 0 Å². The van der Waals surface area contributed by atoms with Gasteiger partial charge in [0.1, 0.15) is 5.82 Å². The third-order valence-electron chi connectivity index (χ3n) is 3.90. The zero-order valence-corrected chi connectivity index (χ0v) is 10.4. The number of rotatable bonds is 4. The van der Waals surface area contributed by atoms with Crippen molar-refractivity contribution >= 4 is 0 Å². The molecular weight excluding hydrogens is 210 g/mol. The van der Waals surface area contributed by atoms with Crippen LogP contribution in [0.15, 0.2) is 12.3 Å². The van der Waals surface area contributed by atoms with E-state index in [9.17, 15) is 0 Å². The van der Waals surface area contributed by atoms with Crippen molar-refractivity contribution < 1.29 is 0 Å². The van der Waals surface area contributed by atoms with Crippen LogP contribution in [-0.2, 0) is 6.42 Å². The molecule has 2 aliphatic rings. The zero-order chi connectivity index (χ0) is 11.5. The maximum atomic E-state index is 4.69. The smallest absolute Gasteiger partial charge is 0.128 e. The van der Waals surface area contributed by atoms with Gasteiger partial charge in [-0.15, -0.1) is 0 Å². The Morgan fingerprint density at radius 1 is 1.29 bits per heavy atom. The highest BCUT2D eigenvalue weighted by molar-refractivity contribution is 5.13. The van der Waals surface area contributed by atoms with Gasteiger partial charge in [0.25, 0.3) is 0 Å². The van der Waals surface area contributed by atoms with Crippen LogP contribution in [0.25, 0.3) is 0 Å². The molecule has 2 heterocycles. The fraction of sp³-hybridized carbons (Fsp3) is 0.714. The predicted molar refractivity (Wildman–Crippen MR) is 67.9 cm³/mol. The van der Waals surface area contributed by atoms with E-state index in [-0.39, 0.29) is 0 Å². The Morgan fingerprint density at radius 3 is 3.00 bits per heavy atom. The molecule has 1 atom stereocenters. The minimum atomic E-state index is 0.744. The lowest BCUT2D eigenvalue weighted by atomic mass is 9.94. The van der Waals surface area contributed by atoms with Gasteiger partial charge in [-0.25, -0.2) is 9.97 Å². The van der Waals surface area contributed by atoms with Gasteiger partial charge in [-0.05, 0) is 57.2 Å². The molecule has 3 rings (SSSR count). The molecule has 1 unspecified atom stereocenters. The number of piperidine rings is 1. The summed E-state index contributed by atoms with van der Waals surface area (Å²) in [6.07, 6.45) is 9.57. The van der Waals surface area contributed by atoms with Crippen LogP contribution in [0.2, 0.25) is 0 Å². The van der Waals surface area contributed by atoms with Crippen molar-refractivity contribution in [1.82, 2.24) is 15.3 Å². The molecule has 1 aliphatic heterocycles. The maximum Gasteiger partial charge on any atom is 0.128 e. The van der Waals surface area contributed by atoms with Crippen molar-refractivity contribution in [2.75, 3.05) is 13.1 Å². The molecule has 2 fully saturated rings. The highest BCUT2D eigenvalue weighted by atomic mass is 14.9. The third kappa shape index (κ3) is 3.03. The minimum absolute atomic E-state index is 0.744. The molecule has 1 saturated carbocycles. The van der Waals surface area contributed by atoms with Crippen LogP contribution in [0.4, 0.5) is 0 Å². The Balaban J connectivity index is 1.54. The number of aryl methyl sites for hydroxylation is 1. The van der Waals surface area contributed by atoms with E-state index in [1.807, 2.05) is 6.20 Å². The van der Waals surface area contributed by atoms with Gasteiger partial charge in [-0.3, -0.25) is 0 Å². The normalized spacial score (nSPS) is 24.8. The van der Waals surface area contributed by atoms with E-state index >= 15 is 0 Å². The molecule has 17 heavy (non-hydrogen) atoms. The van der Waals surface area contributed by atoms with Gasteiger partial charge in [0.05, 0.1) is 0 Å². The first-order chi connectivity index (χ1) is 8.42. The second kappa shape index (κ2) is 5.13. The summed E-state index contributed by atoms with van der Waals surface area (Å²) in [6, 6.07) is 2.09. The van der Waals surface area contributed by atoms with Crippen LogP contribution in [0, 0.1) is 5.92 Å². The van der Waals surface area contributed by atoms with Gasteiger partial charge in [0.2, 0.25) is 0 Å². The summed E-state index contributed by atoms with van der Waals surface area (Å²) in [5, 5.41) is 3.47. The molecule has 1 aliphatic carbocycles. The Hall–Kier alpha value is -0.960. The van der Waals surface area contributed by atoms with Crippen LogP contribution in [0.5, 0.6) is 0 Å². The zero-order valence-electron chi connectivity index (χ0n) is 10.4.